The van der Waals surface area contributed by atoms with Gasteiger partial charge in [-0.25, -0.2) is 14.7 Å². The van der Waals surface area contributed by atoms with E-state index in [1.807, 2.05) is 27.7 Å². The Labute approximate surface area is 235 Å². The Kier molecular flexibility index (Phi) is 9.18. The number of allylic oxidation sites excluding steroid dienone is 1. The number of carbonyl (C=O) groups excluding carboxylic acids is 2. The molecular formula is C29H49N5O4S. The van der Waals surface area contributed by atoms with Crippen LogP contribution in [0.1, 0.15) is 84.4 Å². The van der Waals surface area contributed by atoms with Gasteiger partial charge >= 0.3 is 0 Å². The molecule has 2 saturated heterocycles. The molecule has 0 radical (unpaired) electrons. The lowest BCUT2D eigenvalue weighted by Crippen LogP contribution is -2.49. The van der Waals surface area contributed by atoms with Gasteiger partial charge in [0.15, 0.2) is 0 Å². The van der Waals surface area contributed by atoms with Crippen LogP contribution in [0.5, 0.6) is 0 Å². The number of likely N-dealkylation sites (tertiary alicyclic amines) is 1. The second-order valence-electron chi connectivity index (χ2n) is 13.1. The molecule has 1 aromatic heterocycles. The smallest absolute Gasteiger partial charge is 0.248 e. The number of aromatic nitrogens is 3. The minimum atomic E-state index is -0.958. The highest BCUT2D eigenvalue weighted by molar-refractivity contribution is 8.34. The van der Waals surface area contributed by atoms with Crippen molar-refractivity contribution in [1.29, 1.82) is 0 Å². The lowest BCUT2D eigenvalue weighted by molar-refractivity contribution is -0.144. The Morgan fingerprint density at radius 2 is 1.90 bits per heavy atom. The van der Waals surface area contributed by atoms with Gasteiger partial charge in [-0.3, -0.25) is 9.59 Å². The lowest BCUT2D eigenvalue weighted by Gasteiger charge is -2.47. The summed E-state index contributed by atoms with van der Waals surface area (Å²) in [5, 5.41) is 33.9. The number of nitrogens with zero attached hydrogens (tertiary/aromatic N) is 4. The lowest BCUT2D eigenvalue weighted by atomic mass is 9.85. The molecule has 220 valence electrons. The van der Waals surface area contributed by atoms with Gasteiger partial charge in [0.25, 0.3) is 0 Å². The molecule has 0 bridgehead atoms. The van der Waals surface area contributed by atoms with E-state index in [-0.39, 0.29) is 30.0 Å². The fourth-order valence-corrected chi connectivity index (χ4v) is 12.2. The number of nitrogens with one attached hydrogen (secondary N) is 1. The number of aliphatic hydroxyl groups excluding tert-OH is 1. The SMILES string of the molecule is CNC(=O)C1CC(O)CN1C(=O)C(n1cc(CC(C)(O)C2CCCS23C/C=C\CCCCC3)nn1)C(C)(C)C. The van der Waals surface area contributed by atoms with Crippen LogP contribution in [0.15, 0.2) is 18.3 Å². The first-order chi connectivity index (χ1) is 18.4. The van der Waals surface area contributed by atoms with Crippen LogP contribution < -0.4 is 5.32 Å². The summed E-state index contributed by atoms with van der Waals surface area (Å²) in [6.45, 7) is 7.97. The van der Waals surface area contributed by atoms with Gasteiger partial charge in [0.1, 0.15) is 12.1 Å². The van der Waals surface area contributed by atoms with Crippen molar-refractivity contribution in [2.75, 3.05) is 30.9 Å². The van der Waals surface area contributed by atoms with Gasteiger partial charge in [-0.15, -0.1) is 5.10 Å². The Morgan fingerprint density at radius 1 is 1.15 bits per heavy atom. The monoisotopic (exact) mass is 563 g/mol. The molecule has 4 heterocycles. The highest BCUT2D eigenvalue weighted by Gasteiger charge is 2.48. The summed E-state index contributed by atoms with van der Waals surface area (Å²) in [6, 6.07) is -1.42. The molecule has 2 fully saturated rings. The third kappa shape index (κ3) is 6.54. The van der Waals surface area contributed by atoms with Crippen LogP contribution in [-0.2, 0) is 16.0 Å². The molecule has 0 saturated carbocycles. The second-order valence-corrected chi connectivity index (χ2v) is 17.1. The molecule has 0 aromatic carbocycles. The summed E-state index contributed by atoms with van der Waals surface area (Å²) in [4.78, 5) is 27.8. The molecule has 39 heavy (non-hydrogen) atoms. The van der Waals surface area contributed by atoms with Crippen LogP contribution in [0.25, 0.3) is 0 Å². The van der Waals surface area contributed by atoms with Crippen molar-refractivity contribution < 1.29 is 19.8 Å². The Morgan fingerprint density at radius 3 is 2.62 bits per heavy atom. The number of aliphatic hydroxyl groups is 2. The Bertz CT molecular complexity index is 1050. The van der Waals surface area contributed by atoms with Gasteiger partial charge < -0.3 is 20.4 Å². The van der Waals surface area contributed by atoms with Crippen LogP contribution >= 0.6 is 10.0 Å². The highest BCUT2D eigenvalue weighted by Crippen LogP contribution is 2.63. The average molecular weight is 564 g/mol. The molecule has 0 aliphatic carbocycles. The van der Waals surface area contributed by atoms with Crippen LogP contribution in [0.2, 0.25) is 0 Å². The van der Waals surface area contributed by atoms with Gasteiger partial charge in [0, 0.05) is 37.9 Å². The summed E-state index contributed by atoms with van der Waals surface area (Å²) >= 11 is 0. The molecular weight excluding hydrogens is 514 g/mol. The molecule has 1 aromatic rings. The van der Waals surface area contributed by atoms with Gasteiger partial charge in [-0.1, -0.05) is 44.6 Å². The highest BCUT2D eigenvalue weighted by atomic mass is 32.3. The van der Waals surface area contributed by atoms with Crippen LogP contribution in [0.3, 0.4) is 0 Å². The Hall–Kier alpha value is -1.91. The van der Waals surface area contributed by atoms with E-state index in [0.717, 1.165) is 18.6 Å². The molecule has 9 nitrogen and oxygen atoms in total. The van der Waals surface area contributed by atoms with E-state index < -0.39 is 39.2 Å². The van der Waals surface area contributed by atoms with Gasteiger partial charge in [0.2, 0.25) is 11.8 Å². The van der Waals surface area contributed by atoms with Crippen LogP contribution in [0.4, 0.5) is 0 Å². The second kappa shape index (κ2) is 11.9. The number of hydrogen-bond donors (Lipinski definition) is 3. The van der Waals surface area contributed by atoms with E-state index in [1.165, 1.54) is 49.1 Å². The van der Waals surface area contributed by atoms with Crippen LogP contribution in [-0.4, -0.2) is 95.8 Å². The standard InChI is InChI=1S/C29H49N5O4S/c1-28(2,3)25(27(37)33-20-22(35)17-23(33)26(36)30-5)34-19-21(31-32-34)18-29(4,38)24-13-12-16-39(24)14-10-8-6-7-9-11-15-39/h8,10,19,22-25,35,38H,6-7,9,11-18,20H2,1-5H3,(H,30,36)/b10-8-. The number of likely N-dealkylation sites (N-methyl/N-ethyl adjacent to an activating group) is 1. The zero-order valence-corrected chi connectivity index (χ0v) is 25.3. The summed E-state index contributed by atoms with van der Waals surface area (Å²) in [6.07, 6.45) is 13.5. The summed E-state index contributed by atoms with van der Waals surface area (Å²) in [5.74, 6) is 3.04. The van der Waals surface area contributed by atoms with Crippen LogP contribution in [0, 0.1) is 5.41 Å². The number of β-amino-alcohol motifs (C(OH)–C–C–N with tert-alkyl or cyclic N) is 1. The van der Waals surface area contributed by atoms with Crippen molar-refractivity contribution >= 4 is 21.8 Å². The predicted octanol–water partition coefficient (Wildman–Crippen LogP) is 2.96. The molecule has 6 unspecified atom stereocenters. The number of carbonyl (C=O) groups is 2. The van der Waals surface area contributed by atoms with Crippen molar-refractivity contribution in [3.05, 3.63) is 24.0 Å². The predicted molar refractivity (Wildman–Crippen MR) is 156 cm³/mol. The van der Waals surface area contributed by atoms with E-state index >= 15 is 0 Å². The normalized spacial score (nSPS) is 32.9. The van der Waals surface area contributed by atoms with E-state index in [2.05, 4.69) is 27.8 Å². The van der Waals surface area contributed by atoms with E-state index in [4.69, 9.17) is 0 Å². The summed E-state index contributed by atoms with van der Waals surface area (Å²) in [5.41, 5.74) is -0.750. The first-order valence-electron chi connectivity index (χ1n) is 14.6. The van der Waals surface area contributed by atoms with Gasteiger partial charge in [-0.2, -0.15) is 0 Å². The van der Waals surface area contributed by atoms with Gasteiger partial charge in [-0.05, 0) is 61.7 Å². The first-order valence-corrected chi connectivity index (χ1v) is 16.8. The molecule has 2 amide bonds. The maximum Gasteiger partial charge on any atom is 0.248 e. The molecule has 3 N–H and O–H groups in total. The van der Waals surface area contributed by atoms with E-state index in [1.54, 1.807) is 10.9 Å². The molecule has 4 rings (SSSR count). The summed E-state index contributed by atoms with van der Waals surface area (Å²) < 4.78 is 1.60. The third-order valence-corrected chi connectivity index (χ3v) is 13.9. The average Bonchev–Trinajstić information content (AvgIpc) is 3.59. The topological polar surface area (TPSA) is 121 Å². The minimum absolute atomic E-state index is 0.112. The third-order valence-electron chi connectivity index (χ3n) is 8.86. The van der Waals surface area contributed by atoms with Crippen molar-refractivity contribution in [3.8, 4) is 0 Å². The number of hydrogen-bond acceptors (Lipinski definition) is 6. The fraction of sp³-hybridized carbons (Fsp3) is 0.793. The fourth-order valence-electron chi connectivity index (χ4n) is 7.04. The Balaban J connectivity index is 1.55. The van der Waals surface area contributed by atoms with Crippen molar-refractivity contribution in [2.45, 2.75) is 108 Å². The number of rotatable bonds is 6. The van der Waals surface area contributed by atoms with E-state index in [0.29, 0.717) is 12.1 Å². The van der Waals surface area contributed by atoms with Crippen molar-refractivity contribution in [2.24, 2.45) is 5.41 Å². The maximum atomic E-state index is 13.9. The first kappa shape index (κ1) is 30.1. The molecule has 6 atom stereocenters. The largest absolute Gasteiger partial charge is 0.391 e. The van der Waals surface area contributed by atoms with Gasteiger partial charge in [0.05, 0.1) is 17.4 Å². The van der Waals surface area contributed by atoms with Crippen molar-refractivity contribution in [1.82, 2.24) is 25.2 Å². The molecule has 3 aliphatic heterocycles. The zero-order valence-electron chi connectivity index (χ0n) is 24.4. The van der Waals surface area contributed by atoms with E-state index in [9.17, 15) is 19.8 Å². The van der Waals surface area contributed by atoms with Crippen molar-refractivity contribution in [3.63, 3.8) is 0 Å². The molecule has 3 aliphatic rings. The summed E-state index contributed by atoms with van der Waals surface area (Å²) in [7, 11) is 0.581. The molecule has 1 spiro atoms. The maximum absolute atomic E-state index is 13.9. The molecule has 10 heteroatoms. The quantitative estimate of drug-likeness (QED) is 0.458. The number of amides is 2. The minimum Gasteiger partial charge on any atom is -0.391 e. The zero-order chi connectivity index (χ0) is 28.4.